The Hall–Kier alpha value is -1.90. The molecule has 8 heteroatoms. The maximum absolute atomic E-state index is 12.9. The van der Waals surface area contributed by atoms with Gasteiger partial charge in [-0.05, 0) is 43.7 Å². The number of nitrogens with zero attached hydrogens (tertiary/aromatic N) is 1. The zero-order valence-corrected chi connectivity index (χ0v) is 18.3. The number of ether oxygens (including phenoxy) is 1. The molecule has 1 atom stereocenters. The summed E-state index contributed by atoms with van der Waals surface area (Å²) in [4.78, 5) is 0.155. The van der Waals surface area contributed by atoms with Gasteiger partial charge in [0.1, 0.15) is 12.4 Å². The summed E-state index contributed by atoms with van der Waals surface area (Å²) in [6.45, 7) is 5.44. The third-order valence-corrected chi connectivity index (χ3v) is 8.32. The normalized spacial score (nSPS) is 13.5. The first kappa shape index (κ1) is 22.4. The average molecular weight is 426 g/mol. The molecule has 0 radical (unpaired) electrons. The van der Waals surface area contributed by atoms with Crippen LogP contribution in [0.2, 0.25) is 0 Å². The van der Waals surface area contributed by atoms with Crippen molar-refractivity contribution in [1.82, 2.24) is 4.31 Å². The lowest BCUT2D eigenvalue weighted by atomic mass is 10.1. The molecule has 0 fully saturated rings. The molecule has 6 nitrogen and oxygen atoms in total. The van der Waals surface area contributed by atoms with Crippen molar-refractivity contribution in [2.45, 2.75) is 31.7 Å². The summed E-state index contributed by atoms with van der Waals surface area (Å²) in [5, 5.41) is 0. The van der Waals surface area contributed by atoms with E-state index in [9.17, 15) is 16.8 Å². The highest BCUT2D eigenvalue weighted by Crippen LogP contribution is 2.27. The van der Waals surface area contributed by atoms with Crippen molar-refractivity contribution in [2.24, 2.45) is 0 Å². The standard InChI is InChI=1S/C20H27NO5S2/c1-5-27(22,23)15-14-26-19-10-12-20(13-11-19)28(24,25)21(4)17(3)18-8-6-16(2)7-9-18/h6-13,17H,5,14-15H2,1-4H3. The van der Waals surface area contributed by atoms with Crippen LogP contribution in [0.3, 0.4) is 0 Å². The van der Waals surface area contributed by atoms with Crippen LogP contribution in [-0.4, -0.2) is 46.3 Å². The number of rotatable bonds is 9. The molecule has 28 heavy (non-hydrogen) atoms. The Labute approximate surface area is 168 Å². The van der Waals surface area contributed by atoms with E-state index in [1.165, 1.54) is 28.6 Å². The van der Waals surface area contributed by atoms with E-state index in [4.69, 9.17) is 4.74 Å². The lowest BCUT2D eigenvalue weighted by Crippen LogP contribution is -2.29. The fourth-order valence-corrected chi connectivity index (χ4v) is 4.54. The van der Waals surface area contributed by atoms with Crippen molar-refractivity contribution in [3.63, 3.8) is 0 Å². The fourth-order valence-electron chi connectivity index (χ4n) is 2.57. The molecule has 0 N–H and O–H groups in total. The molecule has 0 aliphatic carbocycles. The quantitative estimate of drug-likeness (QED) is 0.616. The van der Waals surface area contributed by atoms with Crippen molar-refractivity contribution >= 4 is 19.9 Å². The molecule has 0 saturated carbocycles. The predicted molar refractivity (Wildman–Crippen MR) is 111 cm³/mol. The molecule has 154 valence electrons. The van der Waals surface area contributed by atoms with Crippen LogP contribution < -0.4 is 4.74 Å². The Bertz CT molecular complexity index is 982. The van der Waals surface area contributed by atoms with Crippen LogP contribution in [-0.2, 0) is 19.9 Å². The second kappa shape index (κ2) is 9.07. The number of hydrogen-bond acceptors (Lipinski definition) is 5. The van der Waals surface area contributed by atoms with Gasteiger partial charge < -0.3 is 4.74 Å². The molecule has 2 aromatic carbocycles. The minimum absolute atomic E-state index is 0.0344. The van der Waals surface area contributed by atoms with Gasteiger partial charge in [-0.25, -0.2) is 16.8 Å². The van der Waals surface area contributed by atoms with E-state index in [-0.39, 0.29) is 29.0 Å². The van der Waals surface area contributed by atoms with Gasteiger partial charge >= 0.3 is 0 Å². The van der Waals surface area contributed by atoms with Gasteiger partial charge in [0.05, 0.1) is 10.6 Å². The zero-order chi connectivity index (χ0) is 20.9. The van der Waals surface area contributed by atoms with Gasteiger partial charge in [-0.1, -0.05) is 36.8 Å². The zero-order valence-electron chi connectivity index (χ0n) is 16.6. The topological polar surface area (TPSA) is 80.8 Å². The van der Waals surface area contributed by atoms with Crippen LogP contribution in [0, 0.1) is 6.92 Å². The Kier molecular flexibility index (Phi) is 7.25. The Morgan fingerprint density at radius 3 is 2.07 bits per heavy atom. The smallest absolute Gasteiger partial charge is 0.243 e. The summed E-state index contributed by atoms with van der Waals surface area (Å²) in [6, 6.07) is 13.5. The second-order valence-electron chi connectivity index (χ2n) is 6.66. The second-order valence-corrected chi connectivity index (χ2v) is 11.1. The van der Waals surface area contributed by atoms with Gasteiger partial charge in [0, 0.05) is 18.8 Å². The van der Waals surface area contributed by atoms with E-state index in [0.717, 1.165) is 11.1 Å². The fraction of sp³-hybridized carbons (Fsp3) is 0.400. The number of aryl methyl sites for hydroxylation is 1. The number of benzene rings is 2. The summed E-state index contributed by atoms with van der Waals surface area (Å²) < 4.78 is 55.5. The SMILES string of the molecule is CCS(=O)(=O)CCOc1ccc(S(=O)(=O)N(C)C(C)c2ccc(C)cc2)cc1. The maximum atomic E-state index is 12.9. The molecule has 0 bridgehead atoms. The van der Waals surface area contributed by atoms with Crippen molar-refractivity contribution in [3.05, 3.63) is 59.7 Å². The first-order chi connectivity index (χ1) is 13.1. The van der Waals surface area contributed by atoms with E-state index in [1.807, 2.05) is 38.1 Å². The Morgan fingerprint density at radius 2 is 1.54 bits per heavy atom. The molecule has 1 unspecified atom stereocenters. The van der Waals surface area contributed by atoms with Gasteiger partial charge in [-0.3, -0.25) is 0 Å². The predicted octanol–water partition coefficient (Wildman–Crippen LogP) is 3.19. The molecule has 0 saturated heterocycles. The van der Waals surface area contributed by atoms with Crippen LogP contribution in [0.4, 0.5) is 0 Å². The van der Waals surface area contributed by atoms with Crippen LogP contribution in [0.15, 0.2) is 53.4 Å². The molecule has 0 aromatic heterocycles. The largest absolute Gasteiger partial charge is 0.493 e. The van der Waals surface area contributed by atoms with Crippen LogP contribution >= 0.6 is 0 Å². The van der Waals surface area contributed by atoms with Crippen molar-refractivity contribution < 1.29 is 21.6 Å². The van der Waals surface area contributed by atoms with Gasteiger partial charge in [-0.2, -0.15) is 4.31 Å². The Morgan fingerprint density at radius 1 is 0.964 bits per heavy atom. The minimum atomic E-state index is -3.68. The molecule has 0 heterocycles. The molecule has 0 amide bonds. The summed E-state index contributed by atoms with van der Waals surface area (Å²) in [7, 11) is -5.22. The monoisotopic (exact) mass is 425 g/mol. The van der Waals surface area contributed by atoms with E-state index in [2.05, 4.69) is 0 Å². The first-order valence-electron chi connectivity index (χ1n) is 9.04. The number of hydrogen-bond donors (Lipinski definition) is 0. The highest BCUT2D eigenvalue weighted by atomic mass is 32.2. The number of sulfone groups is 1. The van der Waals surface area contributed by atoms with E-state index in [0.29, 0.717) is 5.75 Å². The summed E-state index contributed by atoms with van der Waals surface area (Å²) in [5.41, 5.74) is 2.03. The Balaban J connectivity index is 2.09. The lowest BCUT2D eigenvalue weighted by molar-refractivity contribution is 0.340. The highest BCUT2D eigenvalue weighted by molar-refractivity contribution is 7.91. The van der Waals surface area contributed by atoms with Crippen molar-refractivity contribution in [3.8, 4) is 5.75 Å². The third-order valence-electron chi connectivity index (χ3n) is 4.71. The minimum Gasteiger partial charge on any atom is -0.493 e. The van der Waals surface area contributed by atoms with Crippen LogP contribution in [0.5, 0.6) is 5.75 Å². The molecule has 0 aliphatic heterocycles. The van der Waals surface area contributed by atoms with Gasteiger partial charge in [0.25, 0.3) is 0 Å². The summed E-state index contributed by atoms with van der Waals surface area (Å²) in [5.74, 6) is 0.429. The third kappa shape index (κ3) is 5.56. The summed E-state index contributed by atoms with van der Waals surface area (Å²) in [6.07, 6.45) is 0. The van der Waals surface area contributed by atoms with Crippen LogP contribution in [0.25, 0.3) is 0 Å². The molecule has 2 rings (SSSR count). The van der Waals surface area contributed by atoms with E-state index < -0.39 is 19.9 Å². The van der Waals surface area contributed by atoms with Crippen molar-refractivity contribution in [2.75, 3.05) is 25.2 Å². The first-order valence-corrected chi connectivity index (χ1v) is 12.3. The van der Waals surface area contributed by atoms with Gasteiger partial charge in [-0.15, -0.1) is 0 Å². The lowest BCUT2D eigenvalue weighted by Gasteiger charge is -2.25. The van der Waals surface area contributed by atoms with E-state index >= 15 is 0 Å². The van der Waals surface area contributed by atoms with Gasteiger partial charge in [0.2, 0.25) is 10.0 Å². The number of sulfonamides is 1. The highest BCUT2D eigenvalue weighted by Gasteiger charge is 2.26. The molecular formula is C20H27NO5S2. The molecular weight excluding hydrogens is 398 g/mol. The van der Waals surface area contributed by atoms with Crippen molar-refractivity contribution in [1.29, 1.82) is 0 Å². The average Bonchev–Trinajstić information content (AvgIpc) is 2.67. The van der Waals surface area contributed by atoms with E-state index in [1.54, 1.807) is 14.0 Å². The van der Waals surface area contributed by atoms with Gasteiger partial charge in [0.15, 0.2) is 9.84 Å². The van der Waals surface area contributed by atoms with Crippen LogP contribution in [0.1, 0.15) is 31.0 Å². The molecule has 0 aliphatic rings. The maximum Gasteiger partial charge on any atom is 0.243 e. The molecule has 2 aromatic rings. The summed E-state index contributed by atoms with van der Waals surface area (Å²) >= 11 is 0. The molecule has 0 spiro atoms.